The number of hydrogen-bond acceptors (Lipinski definition) is 4. The molecule has 4 aromatic rings. The molecule has 2 unspecified atom stereocenters. The summed E-state index contributed by atoms with van der Waals surface area (Å²) in [5.41, 5.74) is 3.39. The van der Waals surface area contributed by atoms with Crippen molar-refractivity contribution in [2.24, 2.45) is 35.5 Å². The van der Waals surface area contributed by atoms with Gasteiger partial charge in [-0.3, -0.25) is 0 Å². The van der Waals surface area contributed by atoms with Crippen LogP contribution in [0.2, 0.25) is 0 Å². The van der Waals surface area contributed by atoms with Gasteiger partial charge < -0.3 is 15.1 Å². The SMILES string of the molecule is c1ccc2sc(CNC34CC5CC(C3)C(c3ccc6oc(CNC78CC9CC(CC(C9)C7)C8)cc6c3)C(C5)C4)cc2c1. The average molecular weight is 577 g/mol. The van der Waals surface area contributed by atoms with E-state index in [0.29, 0.717) is 17.0 Å². The van der Waals surface area contributed by atoms with E-state index >= 15 is 0 Å². The number of hydrogen-bond donors (Lipinski definition) is 2. The van der Waals surface area contributed by atoms with E-state index in [1.165, 1.54) is 91.0 Å². The number of furan rings is 1. The molecule has 0 aliphatic heterocycles. The van der Waals surface area contributed by atoms with Crippen molar-refractivity contribution in [1.82, 2.24) is 10.6 Å². The van der Waals surface area contributed by atoms with E-state index in [9.17, 15) is 0 Å². The maximum Gasteiger partial charge on any atom is 0.134 e. The number of nitrogens with one attached hydrogen (secondary N) is 2. The van der Waals surface area contributed by atoms with Gasteiger partial charge in [-0.15, -0.1) is 11.3 Å². The summed E-state index contributed by atoms with van der Waals surface area (Å²) in [5.74, 6) is 7.32. The molecule has 2 heterocycles. The van der Waals surface area contributed by atoms with Crippen LogP contribution in [0, 0.1) is 35.5 Å². The van der Waals surface area contributed by atoms with Gasteiger partial charge in [0.2, 0.25) is 0 Å². The van der Waals surface area contributed by atoms with Gasteiger partial charge in [-0.25, -0.2) is 0 Å². The molecule has 12 rings (SSSR count). The van der Waals surface area contributed by atoms with Crippen molar-refractivity contribution in [3.05, 3.63) is 70.8 Å². The van der Waals surface area contributed by atoms with Gasteiger partial charge in [0.1, 0.15) is 11.3 Å². The minimum Gasteiger partial charge on any atom is -0.460 e. The largest absolute Gasteiger partial charge is 0.460 e. The predicted octanol–water partition coefficient (Wildman–Crippen LogP) is 9.16. The van der Waals surface area contributed by atoms with E-state index in [2.05, 4.69) is 65.2 Å². The van der Waals surface area contributed by atoms with Gasteiger partial charge in [0.05, 0.1) is 6.54 Å². The first-order valence-corrected chi connectivity index (χ1v) is 17.9. The summed E-state index contributed by atoms with van der Waals surface area (Å²) in [5, 5.41) is 10.9. The minimum absolute atomic E-state index is 0.346. The molecule has 3 nitrogen and oxygen atoms in total. The average Bonchev–Trinajstić information content (AvgIpc) is 3.57. The molecule has 8 aliphatic rings. The van der Waals surface area contributed by atoms with Crippen LogP contribution in [-0.2, 0) is 13.1 Å². The molecule has 0 radical (unpaired) electrons. The Morgan fingerprint density at radius 2 is 1.33 bits per heavy atom. The Labute approximate surface area is 253 Å². The number of rotatable bonds is 7. The molecular formula is C38H44N2OS. The zero-order chi connectivity index (χ0) is 27.5. The molecule has 218 valence electrons. The van der Waals surface area contributed by atoms with Crippen molar-refractivity contribution in [3.8, 4) is 0 Å². The summed E-state index contributed by atoms with van der Waals surface area (Å²) < 4.78 is 7.85. The van der Waals surface area contributed by atoms with Gasteiger partial charge >= 0.3 is 0 Å². The summed E-state index contributed by atoms with van der Waals surface area (Å²) in [6.45, 7) is 1.91. The highest BCUT2D eigenvalue weighted by atomic mass is 32.1. The minimum atomic E-state index is 0.346. The molecule has 8 aliphatic carbocycles. The number of fused-ring (bicyclic) bond motifs is 2. The number of benzene rings is 2. The lowest BCUT2D eigenvalue weighted by Gasteiger charge is -2.60. The van der Waals surface area contributed by atoms with Crippen LogP contribution in [0.4, 0.5) is 0 Å². The first kappa shape index (κ1) is 25.2. The van der Waals surface area contributed by atoms with Crippen LogP contribution in [0.15, 0.2) is 59.0 Å². The maximum atomic E-state index is 6.43. The van der Waals surface area contributed by atoms with Crippen LogP contribution >= 0.6 is 11.3 Å². The predicted molar refractivity (Wildman–Crippen MR) is 172 cm³/mol. The molecule has 42 heavy (non-hydrogen) atoms. The van der Waals surface area contributed by atoms with Crippen LogP contribution in [-0.4, -0.2) is 11.1 Å². The van der Waals surface area contributed by atoms with E-state index in [0.717, 1.165) is 59.9 Å². The van der Waals surface area contributed by atoms with Crippen molar-refractivity contribution >= 4 is 32.4 Å². The molecular weight excluding hydrogens is 532 g/mol. The zero-order valence-corrected chi connectivity index (χ0v) is 25.6. The van der Waals surface area contributed by atoms with Crippen LogP contribution in [0.1, 0.15) is 92.7 Å². The lowest BCUT2D eigenvalue weighted by atomic mass is 9.48. The van der Waals surface area contributed by atoms with Gasteiger partial charge in [-0.2, -0.15) is 0 Å². The molecule has 8 saturated carbocycles. The van der Waals surface area contributed by atoms with Crippen LogP contribution < -0.4 is 10.6 Å². The fourth-order valence-corrected chi connectivity index (χ4v) is 13.2. The second-order valence-corrected chi connectivity index (χ2v) is 17.1. The van der Waals surface area contributed by atoms with Gasteiger partial charge in [0, 0.05) is 32.6 Å². The highest BCUT2D eigenvalue weighted by Crippen LogP contribution is 2.61. The fourth-order valence-electron chi connectivity index (χ4n) is 12.2. The van der Waals surface area contributed by atoms with Crippen LogP contribution in [0.3, 0.4) is 0 Å². The normalized spacial score (nSPS) is 39.7. The van der Waals surface area contributed by atoms with Gasteiger partial charge in [-0.05, 0) is 153 Å². The highest BCUT2D eigenvalue weighted by molar-refractivity contribution is 7.19. The first-order chi connectivity index (χ1) is 20.6. The summed E-state index contributed by atoms with van der Waals surface area (Å²) in [4.78, 5) is 1.49. The molecule has 0 spiro atoms. The number of thiophene rings is 1. The van der Waals surface area contributed by atoms with Crippen molar-refractivity contribution in [2.45, 2.75) is 101 Å². The van der Waals surface area contributed by atoms with E-state index in [-0.39, 0.29) is 0 Å². The second-order valence-electron chi connectivity index (χ2n) is 15.9. The summed E-state index contributed by atoms with van der Waals surface area (Å²) in [7, 11) is 0. The fraction of sp³-hybridized carbons (Fsp3) is 0.579. The van der Waals surface area contributed by atoms with E-state index in [4.69, 9.17) is 4.42 Å². The van der Waals surface area contributed by atoms with Crippen molar-refractivity contribution < 1.29 is 4.42 Å². The summed E-state index contributed by atoms with van der Waals surface area (Å²) >= 11 is 1.97. The smallest absolute Gasteiger partial charge is 0.134 e. The molecule has 4 heteroatoms. The van der Waals surface area contributed by atoms with Crippen LogP contribution in [0.25, 0.3) is 21.1 Å². The highest BCUT2D eigenvalue weighted by Gasteiger charge is 2.55. The Morgan fingerprint density at radius 3 is 2.07 bits per heavy atom. The third kappa shape index (κ3) is 4.11. The van der Waals surface area contributed by atoms with Gasteiger partial charge in [-0.1, -0.05) is 24.3 Å². The lowest BCUT2D eigenvalue weighted by Crippen LogP contribution is -2.60. The topological polar surface area (TPSA) is 37.2 Å². The Morgan fingerprint density at radius 1 is 0.667 bits per heavy atom. The van der Waals surface area contributed by atoms with Crippen molar-refractivity contribution in [2.75, 3.05) is 0 Å². The molecule has 2 atom stereocenters. The molecule has 8 bridgehead atoms. The Hall–Kier alpha value is -2.14. The van der Waals surface area contributed by atoms with Crippen molar-refractivity contribution in [3.63, 3.8) is 0 Å². The van der Waals surface area contributed by atoms with Gasteiger partial charge in [0.25, 0.3) is 0 Å². The standard InChI is InChI=1S/C38H44N2OS/c1-2-4-35-27(3-1)14-33(42-35)22-40-38-18-26-10-30(19-38)36(31(11-26)20-38)28-5-6-34-29(12-28)13-32(41-34)21-39-37-15-23-7-24(16-37)9-25(8-23)17-37/h1-6,12-14,23-26,30-31,36,39-40H,7-11,15-22H2. The monoisotopic (exact) mass is 576 g/mol. The van der Waals surface area contributed by atoms with Crippen LogP contribution in [0.5, 0.6) is 0 Å². The second kappa shape index (κ2) is 9.19. The summed E-state index contributed by atoms with van der Waals surface area (Å²) in [6, 6.07) is 20.8. The Bertz CT molecular complexity index is 1580. The van der Waals surface area contributed by atoms with Gasteiger partial charge in [0.15, 0.2) is 0 Å². The van der Waals surface area contributed by atoms with E-state index in [1.54, 1.807) is 5.56 Å². The quantitative estimate of drug-likeness (QED) is 0.230. The van der Waals surface area contributed by atoms with E-state index in [1.807, 2.05) is 11.3 Å². The molecule has 2 N–H and O–H groups in total. The lowest BCUT2D eigenvalue weighted by molar-refractivity contribution is -0.0389. The molecule has 8 fully saturated rings. The Kier molecular flexibility index (Phi) is 5.52. The molecule has 0 saturated heterocycles. The van der Waals surface area contributed by atoms with E-state index < -0.39 is 0 Å². The third-order valence-corrected chi connectivity index (χ3v) is 14.2. The zero-order valence-electron chi connectivity index (χ0n) is 24.7. The molecule has 0 amide bonds. The Balaban J connectivity index is 0.850. The molecule has 2 aromatic carbocycles. The third-order valence-electron chi connectivity index (χ3n) is 13.0. The first-order valence-electron chi connectivity index (χ1n) is 17.1. The summed E-state index contributed by atoms with van der Waals surface area (Å²) in [6.07, 6.45) is 15.6. The maximum absolute atomic E-state index is 6.43. The van der Waals surface area contributed by atoms with Crippen molar-refractivity contribution in [1.29, 1.82) is 0 Å². The molecule has 2 aromatic heterocycles.